The third kappa shape index (κ3) is 5.06. The first kappa shape index (κ1) is 30.4. The Hall–Kier alpha value is -2.94. The summed E-state index contributed by atoms with van der Waals surface area (Å²) >= 11 is 8.25. The number of fused-ring (bicyclic) bond motifs is 5. The standard InChI is InChI=1S/C22H24FN11O8P2S2/c23-13-16-12(41-21(13)33-7-27-14-17(24)25-5-26-18(14)33)4-40-43(36,45)39-3-10-9(2-38-44(37,46)42-16)1-11(10)32-6-28-15-19(32)30-22-31-29-8-34(22)20(15)35/h5-13,16,21H,1-4H2,(H,30,31)(H,36,45)(H,37,46)(H2,24,25,26)/t9-,10-,11-,12-,13-,16-,21-,43+,44+/m1/s1. The van der Waals surface area contributed by atoms with Gasteiger partial charge in [-0.3, -0.25) is 18.4 Å². The van der Waals surface area contributed by atoms with E-state index in [1.54, 1.807) is 4.57 Å². The number of alkyl halides is 1. The minimum atomic E-state index is -4.19. The summed E-state index contributed by atoms with van der Waals surface area (Å²) in [5.41, 5.74) is 6.44. The first-order valence-corrected chi connectivity index (χ1v) is 19.2. The van der Waals surface area contributed by atoms with Crippen molar-refractivity contribution in [2.45, 2.75) is 37.1 Å². The zero-order chi connectivity index (χ0) is 32.0. The fraction of sp³-hybridized carbons (Fsp3) is 0.500. The second-order valence-electron chi connectivity index (χ2n) is 11.0. The molecule has 5 aromatic rings. The Morgan fingerprint density at radius 2 is 1.74 bits per heavy atom. The maximum Gasteiger partial charge on any atom is 0.386 e. The minimum absolute atomic E-state index is 0.0828. The Labute approximate surface area is 266 Å². The van der Waals surface area contributed by atoms with Crippen LogP contribution in [-0.2, 0) is 32.0 Å². The molecule has 0 radical (unpaired) electrons. The van der Waals surface area contributed by atoms with Crippen molar-refractivity contribution in [1.82, 2.24) is 48.7 Å². The lowest BCUT2D eigenvalue weighted by Crippen LogP contribution is -2.43. The summed E-state index contributed by atoms with van der Waals surface area (Å²) in [5, 5.41) is 7.67. The van der Waals surface area contributed by atoms with Gasteiger partial charge in [-0.25, -0.2) is 37.9 Å². The van der Waals surface area contributed by atoms with E-state index < -0.39 is 56.3 Å². The van der Waals surface area contributed by atoms with Crippen molar-refractivity contribution < 1.29 is 36.4 Å². The number of nitrogens with two attached hydrogens (primary N) is 1. The number of anilines is 1. The number of aromatic nitrogens is 10. The van der Waals surface area contributed by atoms with Crippen LogP contribution in [0, 0.1) is 11.8 Å². The number of nitrogens with zero attached hydrogens (tertiary/aromatic N) is 9. The number of H-pyrrole nitrogens is 1. The molecule has 0 unspecified atom stereocenters. The molecule has 5 aromatic heterocycles. The number of imidazole rings is 2. The van der Waals surface area contributed by atoms with Gasteiger partial charge >= 0.3 is 13.6 Å². The van der Waals surface area contributed by atoms with Crippen LogP contribution in [0.25, 0.3) is 28.1 Å². The lowest BCUT2D eigenvalue weighted by atomic mass is 9.70. The molecule has 46 heavy (non-hydrogen) atoms. The van der Waals surface area contributed by atoms with E-state index in [1.807, 2.05) is 0 Å². The molecule has 1 saturated carbocycles. The van der Waals surface area contributed by atoms with Gasteiger partial charge in [-0.15, -0.1) is 10.2 Å². The molecular formula is C22H24FN11O8P2S2. The van der Waals surface area contributed by atoms with Crippen LogP contribution in [-0.4, -0.2) is 86.9 Å². The molecule has 244 valence electrons. The summed E-state index contributed by atoms with van der Waals surface area (Å²) in [4.78, 5) is 32.3. The van der Waals surface area contributed by atoms with Crippen LogP contribution in [0.2, 0.25) is 0 Å². The lowest BCUT2D eigenvalue weighted by molar-refractivity contribution is -0.0408. The van der Waals surface area contributed by atoms with Crippen molar-refractivity contribution in [3.63, 3.8) is 0 Å². The summed E-state index contributed by atoms with van der Waals surface area (Å²) < 4.78 is 75.5. The Kier molecular flexibility index (Phi) is 7.31. The van der Waals surface area contributed by atoms with Gasteiger partial charge in [0.15, 0.2) is 29.4 Å². The summed E-state index contributed by atoms with van der Waals surface area (Å²) in [5.74, 6) is -0.396. The van der Waals surface area contributed by atoms with Crippen molar-refractivity contribution >= 4 is 72.0 Å². The fourth-order valence-electron chi connectivity index (χ4n) is 6.11. The predicted octanol–water partition coefficient (Wildman–Crippen LogP) is 2.13. The molecule has 2 saturated heterocycles. The van der Waals surface area contributed by atoms with Crippen LogP contribution in [0.15, 0.2) is 30.1 Å². The highest BCUT2D eigenvalue weighted by atomic mass is 32.7. The maximum absolute atomic E-state index is 16.0. The monoisotopic (exact) mass is 715 g/mol. The molecule has 0 bridgehead atoms. The zero-order valence-corrected chi connectivity index (χ0v) is 26.8. The highest BCUT2D eigenvalue weighted by Gasteiger charge is 2.52. The molecule has 7 heterocycles. The topological polar surface area (TPSA) is 231 Å². The minimum Gasteiger partial charge on any atom is -0.382 e. The van der Waals surface area contributed by atoms with Gasteiger partial charge in [0.2, 0.25) is 5.78 Å². The third-order valence-electron chi connectivity index (χ3n) is 8.46. The Bertz CT molecular complexity index is 2140. The zero-order valence-electron chi connectivity index (χ0n) is 23.2. The first-order valence-electron chi connectivity index (χ1n) is 13.8. The van der Waals surface area contributed by atoms with Crippen molar-refractivity contribution in [2.75, 3.05) is 25.6 Å². The number of nitrogens with one attached hydrogen (secondary N) is 1. The SMILES string of the molecule is Nc1ncnc2c1ncn2[C@@H]1O[C@@H]2CO[P@@](=O)(S)OC[C@@H]3[C@@H](CO[P@](=O)(S)O[C@H]2[C@H]1F)C[C@H]3n1cnc2c(=O)n3cnnc3[nH]c21. The summed E-state index contributed by atoms with van der Waals surface area (Å²) in [6, 6.07) is -0.320. The first-order chi connectivity index (χ1) is 22.0. The fourth-order valence-corrected chi connectivity index (χ4v) is 8.81. The van der Waals surface area contributed by atoms with Crippen molar-refractivity contribution in [3.8, 4) is 0 Å². The van der Waals surface area contributed by atoms with Crippen molar-refractivity contribution in [2.24, 2.45) is 11.8 Å². The van der Waals surface area contributed by atoms with Gasteiger partial charge in [-0.05, 0) is 12.3 Å². The van der Waals surface area contributed by atoms with E-state index in [-0.39, 0.29) is 53.4 Å². The number of hydrogen-bond donors (Lipinski definition) is 4. The van der Waals surface area contributed by atoms with E-state index in [0.717, 1.165) is 0 Å². The van der Waals surface area contributed by atoms with Crippen LogP contribution >= 0.6 is 38.1 Å². The van der Waals surface area contributed by atoms with Gasteiger partial charge in [-0.1, -0.05) is 24.5 Å². The highest BCUT2D eigenvalue weighted by Crippen LogP contribution is 2.60. The number of hydrogen-bond acceptors (Lipinski definition) is 15. The molecule has 24 heteroatoms. The normalized spacial score (nSPS) is 35.7. The highest BCUT2D eigenvalue weighted by molar-refractivity contribution is 8.44. The number of aromatic amines is 1. The average Bonchev–Trinajstić information content (AvgIpc) is 3.79. The summed E-state index contributed by atoms with van der Waals surface area (Å²) in [6.07, 6.45) is -0.408. The van der Waals surface area contributed by atoms with Gasteiger partial charge in [0.1, 0.15) is 36.0 Å². The van der Waals surface area contributed by atoms with E-state index in [2.05, 4.69) is 59.6 Å². The number of nitrogen functional groups attached to an aromatic ring is 1. The molecule has 3 N–H and O–H groups in total. The molecule has 3 aliphatic rings. The average molecular weight is 716 g/mol. The van der Waals surface area contributed by atoms with Gasteiger partial charge in [0, 0.05) is 12.0 Å². The number of rotatable bonds is 2. The van der Waals surface area contributed by atoms with Crippen molar-refractivity contribution in [3.05, 3.63) is 35.7 Å². The van der Waals surface area contributed by atoms with Crippen LogP contribution in [0.1, 0.15) is 18.7 Å². The van der Waals surface area contributed by atoms with Crippen LogP contribution in [0.5, 0.6) is 0 Å². The Balaban J connectivity index is 1.06. The largest absolute Gasteiger partial charge is 0.386 e. The molecule has 0 amide bonds. The molecule has 1 aliphatic carbocycles. The number of thiol groups is 2. The smallest absolute Gasteiger partial charge is 0.382 e. The van der Waals surface area contributed by atoms with Gasteiger partial charge in [0.05, 0.1) is 32.5 Å². The van der Waals surface area contributed by atoms with Crippen LogP contribution in [0.3, 0.4) is 0 Å². The molecule has 0 spiro atoms. The van der Waals surface area contributed by atoms with E-state index in [9.17, 15) is 13.9 Å². The summed E-state index contributed by atoms with van der Waals surface area (Å²) in [6.45, 7) is -9.00. The molecule has 9 atom stereocenters. The molecule has 3 fully saturated rings. The molecular weight excluding hydrogens is 691 g/mol. The van der Waals surface area contributed by atoms with Crippen LogP contribution < -0.4 is 11.3 Å². The van der Waals surface area contributed by atoms with Gasteiger partial charge < -0.3 is 29.1 Å². The molecule has 8 rings (SSSR count). The Morgan fingerprint density at radius 1 is 0.978 bits per heavy atom. The maximum atomic E-state index is 16.0. The third-order valence-corrected chi connectivity index (χ3v) is 11.7. The molecule has 0 aromatic carbocycles. The second-order valence-corrected chi connectivity index (χ2v) is 16.8. The van der Waals surface area contributed by atoms with E-state index in [4.69, 9.17) is 28.6 Å². The number of halogens is 1. The van der Waals surface area contributed by atoms with Crippen molar-refractivity contribution in [1.29, 1.82) is 0 Å². The van der Waals surface area contributed by atoms with E-state index in [0.29, 0.717) is 12.1 Å². The predicted molar refractivity (Wildman–Crippen MR) is 162 cm³/mol. The quantitative estimate of drug-likeness (QED) is 0.152. The van der Waals surface area contributed by atoms with E-state index in [1.165, 1.54) is 34.3 Å². The molecule has 2 aliphatic heterocycles. The second kappa shape index (κ2) is 11.1. The molecule has 19 nitrogen and oxygen atoms in total. The van der Waals surface area contributed by atoms with E-state index >= 15 is 4.39 Å². The summed E-state index contributed by atoms with van der Waals surface area (Å²) in [7, 11) is 0. The van der Waals surface area contributed by atoms with Crippen LogP contribution in [0.4, 0.5) is 10.2 Å². The lowest BCUT2D eigenvalue weighted by Gasteiger charge is -2.45. The van der Waals surface area contributed by atoms with Gasteiger partial charge in [-0.2, -0.15) is 0 Å². The van der Waals surface area contributed by atoms with Gasteiger partial charge in [0.25, 0.3) is 5.56 Å². The Morgan fingerprint density at radius 3 is 2.59 bits per heavy atom. The number of ether oxygens (including phenoxy) is 1.